The lowest BCUT2D eigenvalue weighted by Gasteiger charge is -2.25. The summed E-state index contributed by atoms with van der Waals surface area (Å²) in [6, 6.07) is 6.94. The molecule has 0 aliphatic rings. The van der Waals surface area contributed by atoms with Crippen LogP contribution >= 0.6 is 0 Å². The van der Waals surface area contributed by atoms with Crippen LogP contribution in [0, 0.1) is 0 Å². The van der Waals surface area contributed by atoms with Crippen molar-refractivity contribution in [3.05, 3.63) is 36.2 Å². The van der Waals surface area contributed by atoms with E-state index >= 15 is 0 Å². The average Bonchev–Trinajstić information content (AvgIpc) is 2.99. The van der Waals surface area contributed by atoms with Crippen LogP contribution in [0.4, 0.5) is 0 Å². The molecule has 0 radical (unpaired) electrons. The molecule has 22 heavy (non-hydrogen) atoms. The van der Waals surface area contributed by atoms with Crippen LogP contribution in [0.5, 0.6) is 0 Å². The lowest BCUT2D eigenvalue weighted by molar-refractivity contribution is -0.137. The summed E-state index contributed by atoms with van der Waals surface area (Å²) in [6.07, 6.45) is 1.79. The second-order valence-electron chi connectivity index (χ2n) is 5.64. The number of aliphatic carboxylic acids is 1. The number of benzene rings is 1. The Labute approximate surface area is 127 Å². The highest BCUT2D eigenvalue weighted by molar-refractivity contribution is 5.95. The molecule has 0 bridgehead atoms. The van der Waals surface area contributed by atoms with Gasteiger partial charge in [-0.1, -0.05) is 12.1 Å². The van der Waals surface area contributed by atoms with Gasteiger partial charge in [0.15, 0.2) is 5.82 Å². The van der Waals surface area contributed by atoms with Crippen molar-refractivity contribution in [2.45, 2.75) is 32.2 Å². The van der Waals surface area contributed by atoms with Crippen LogP contribution in [0.2, 0.25) is 0 Å². The second kappa shape index (κ2) is 6.38. The van der Waals surface area contributed by atoms with Gasteiger partial charge in [0, 0.05) is 23.1 Å². The molecule has 0 atom stereocenters. The van der Waals surface area contributed by atoms with E-state index in [0.717, 1.165) is 5.56 Å². The first-order valence-corrected chi connectivity index (χ1v) is 6.87. The molecule has 3 N–H and O–H groups in total. The van der Waals surface area contributed by atoms with Gasteiger partial charge in [0.2, 0.25) is 0 Å². The van der Waals surface area contributed by atoms with Gasteiger partial charge in [0.05, 0.1) is 0 Å². The summed E-state index contributed by atoms with van der Waals surface area (Å²) in [5.74, 6) is -0.480. The molecule has 0 spiro atoms. The summed E-state index contributed by atoms with van der Waals surface area (Å²) in [4.78, 5) is 26.9. The van der Waals surface area contributed by atoms with E-state index in [9.17, 15) is 9.59 Å². The number of carboxylic acid groups (broad SMARTS) is 1. The molecule has 0 aliphatic heterocycles. The van der Waals surface area contributed by atoms with Crippen molar-refractivity contribution in [1.29, 1.82) is 0 Å². The van der Waals surface area contributed by atoms with Gasteiger partial charge in [-0.15, -0.1) is 0 Å². The lowest BCUT2D eigenvalue weighted by Crippen LogP contribution is -2.43. The third-order valence-electron chi connectivity index (χ3n) is 3.25. The number of rotatable bonds is 6. The highest BCUT2D eigenvalue weighted by atomic mass is 16.4. The molecular weight excluding hydrogens is 284 g/mol. The minimum absolute atomic E-state index is 0.0116. The number of amides is 1. The second-order valence-corrected chi connectivity index (χ2v) is 5.64. The van der Waals surface area contributed by atoms with Crippen LogP contribution in [0.25, 0.3) is 11.4 Å². The zero-order valence-electron chi connectivity index (χ0n) is 12.5. The molecule has 0 saturated carbocycles. The van der Waals surface area contributed by atoms with Gasteiger partial charge in [-0.2, -0.15) is 5.10 Å². The van der Waals surface area contributed by atoms with Gasteiger partial charge in [0.1, 0.15) is 6.33 Å². The van der Waals surface area contributed by atoms with Gasteiger partial charge in [-0.25, -0.2) is 4.98 Å². The molecule has 0 unspecified atom stereocenters. The Bertz CT molecular complexity index is 648. The van der Waals surface area contributed by atoms with Crippen LogP contribution in [0.3, 0.4) is 0 Å². The maximum atomic E-state index is 12.2. The topological polar surface area (TPSA) is 108 Å². The first-order chi connectivity index (χ1) is 10.4. The standard InChI is InChI=1S/C15H18N4O3/c1-15(2,8-7-12(20)21)18-14(22)11-5-3-10(4-6-11)13-16-9-17-19-13/h3-6,9H,7-8H2,1-2H3,(H,18,22)(H,20,21)(H,16,17,19). The molecular formula is C15H18N4O3. The van der Waals surface area contributed by atoms with Crippen LogP contribution in [0.15, 0.2) is 30.6 Å². The SMILES string of the molecule is CC(C)(CCC(=O)O)NC(=O)c1ccc(-c2ncn[nH]2)cc1. The highest BCUT2D eigenvalue weighted by Gasteiger charge is 2.22. The smallest absolute Gasteiger partial charge is 0.303 e. The molecule has 0 saturated heterocycles. The predicted molar refractivity (Wildman–Crippen MR) is 80.2 cm³/mol. The van der Waals surface area contributed by atoms with E-state index in [1.54, 1.807) is 38.1 Å². The number of aromatic amines is 1. The van der Waals surface area contributed by atoms with Gasteiger partial charge >= 0.3 is 5.97 Å². The molecule has 2 rings (SSSR count). The molecule has 0 fully saturated rings. The Kier molecular flexibility index (Phi) is 4.55. The van der Waals surface area contributed by atoms with Gasteiger partial charge in [0.25, 0.3) is 5.91 Å². The largest absolute Gasteiger partial charge is 0.481 e. The molecule has 1 heterocycles. The normalized spacial score (nSPS) is 11.2. The molecule has 7 nitrogen and oxygen atoms in total. The Morgan fingerprint density at radius 2 is 1.95 bits per heavy atom. The summed E-state index contributed by atoms with van der Waals surface area (Å²) < 4.78 is 0. The maximum absolute atomic E-state index is 12.2. The number of nitrogens with one attached hydrogen (secondary N) is 2. The van der Waals surface area contributed by atoms with Crippen LogP contribution in [-0.2, 0) is 4.79 Å². The van der Waals surface area contributed by atoms with Gasteiger partial charge in [-0.3, -0.25) is 14.7 Å². The van der Waals surface area contributed by atoms with Crippen molar-refractivity contribution >= 4 is 11.9 Å². The number of carboxylic acids is 1. The van der Waals surface area contributed by atoms with E-state index in [-0.39, 0.29) is 12.3 Å². The number of hydrogen-bond donors (Lipinski definition) is 3. The van der Waals surface area contributed by atoms with Gasteiger partial charge in [-0.05, 0) is 32.4 Å². The number of H-pyrrole nitrogens is 1. The number of aromatic nitrogens is 3. The van der Waals surface area contributed by atoms with Crippen molar-refractivity contribution < 1.29 is 14.7 Å². The summed E-state index contributed by atoms with van der Waals surface area (Å²) in [5.41, 5.74) is 0.755. The predicted octanol–water partition coefficient (Wildman–Crippen LogP) is 1.84. The molecule has 7 heteroatoms. The summed E-state index contributed by atoms with van der Waals surface area (Å²) in [7, 11) is 0. The van der Waals surface area contributed by atoms with Crippen molar-refractivity contribution in [3.8, 4) is 11.4 Å². The summed E-state index contributed by atoms with van der Waals surface area (Å²) >= 11 is 0. The fourth-order valence-corrected chi connectivity index (χ4v) is 1.99. The summed E-state index contributed by atoms with van der Waals surface area (Å²) in [5, 5.41) is 18.1. The van der Waals surface area contributed by atoms with Crippen molar-refractivity contribution in [2.75, 3.05) is 0 Å². The number of carbonyl (C=O) groups excluding carboxylic acids is 1. The third-order valence-corrected chi connectivity index (χ3v) is 3.25. The maximum Gasteiger partial charge on any atom is 0.303 e. The van der Waals surface area contributed by atoms with E-state index in [2.05, 4.69) is 20.5 Å². The summed E-state index contributed by atoms with van der Waals surface area (Å²) in [6.45, 7) is 3.60. The van der Waals surface area contributed by atoms with E-state index < -0.39 is 11.5 Å². The van der Waals surface area contributed by atoms with Gasteiger partial charge < -0.3 is 10.4 Å². The number of carbonyl (C=O) groups is 2. The number of hydrogen-bond acceptors (Lipinski definition) is 4. The Morgan fingerprint density at radius 3 is 2.50 bits per heavy atom. The molecule has 2 aromatic rings. The zero-order chi connectivity index (χ0) is 16.2. The Balaban J connectivity index is 2.02. The third kappa shape index (κ3) is 4.15. The monoisotopic (exact) mass is 302 g/mol. The lowest BCUT2D eigenvalue weighted by atomic mass is 9.97. The first-order valence-electron chi connectivity index (χ1n) is 6.87. The van der Waals surface area contributed by atoms with Crippen molar-refractivity contribution in [2.24, 2.45) is 0 Å². The average molecular weight is 302 g/mol. The number of nitrogens with zero attached hydrogens (tertiary/aromatic N) is 2. The van der Waals surface area contributed by atoms with Crippen LogP contribution in [-0.4, -0.2) is 37.7 Å². The molecule has 1 aromatic heterocycles. The fourth-order valence-electron chi connectivity index (χ4n) is 1.99. The Hall–Kier alpha value is -2.70. The van der Waals surface area contributed by atoms with E-state index in [1.165, 1.54) is 6.33 Å². The van der Waals surface area contributed by atoms with E-state index in [0.29, 0.717) is 17.8 Å². The van der Waals surface area contributed by atoms with E-state index in [1.807, 2.05) is 0 Å². The molecule has 1 amide bonds. The quantitative estimate of drug-likeness (QED) is 0.754. The van der Waals surface area contributed by atoms with E-state index in [4.69, 9.17) is 5.11 Å². The Morgan fingerprint density at radius 1 is 1.27 bits per heavy atom. The molecule has 0 aliphatic carbocycles. The van der Waals surface area contributed by atoms with Crippen LogP contribution in [0.1, 0.15) is 37.0 Å². The molecule has 116 valence electrons. The zero-order valence-corrected chi connectivity index (χ0v) is 12.5. The van der Waals surface area contributed by atoms with Crippen molar-refractivity contribution in [1.82, 2.24) is 20.5 Å². The van der Waals surface area contributed by atoms with Crippen molar-refractivity contribution in [3.63, 3.8) is 0 Å². The highest BCUT2D eigenvalue weighted by Crippen LogP contribution is 2.16. The minimum Gasteiger partial charge on any atom is -0.481 e. The van der Waals surface area contributed by atoms with Crippen LogP contribution < -0.4 is 5.32 Å². The fraction of sp³-hybridized carbons (Fsp3) is 0.333. The molecule has 1 aromatic carbocycles. The minimum atomic E-state index is -0.876. The first kappa shape index (κ1) is 15.7.